The van der Waals surface area contributed by atoms with Crippen molar-refractivity contribution in [3.63, 3.8) is 0 Å². The number of hydrogen-bond donors (Lipinski definition) is 0. The Balaban J connectivity index is 1.73. The SMILES string of the molecule is COc1cc(CN2CCN(c3ccccc3OC)CC2)c([N+](=O)[O-])cc1OC. The second-order valence-electron chi connectivity index (χ2n) is 6.53. The van der Waals surface area contributed by atoms with Crippen molar-refractivity contribution >= 4 is 11.4 Å². The summed E-state index contributed by atoms with van der Waals surface area (Å²) < 4.78 is 16.0. The lowest BCUT2D eigenvalue weighted by atomic mass is 10.1. The van der Waals surface area contributed by atoms with Gasteiger partial charge in [-0.3, -0.25) is 15.0 Å². The molecule has 0 aliphatic carbocycles. The van der Waals surface area contributed by atoms with E-state index < -0.39 is 0 Å². The van der Waals surface area contributed by atoms with Gasteiger partial charge in [0.15, 0.2) is 11.5 Å². The summed E-state index contributed by atoms with van der Waals surface area (Å²) in [4.78, 5) is 15.6. The number of rotatable bonds is 7. The number of benzene rings is 2. The molecule has 0 radical (unpaired) electrons. The van der Waals surface area contributed by atoms with E-state index in [2.05, 4.69) is 9.80 Å². The molecule has 8 nitrogen and oxygen atoms in total. The van der Waals surface area contributed by atoms with Crippen LogP contribution in [0.25, 0.3) is 0 Å². The van der Waals surface area contributed by atoms with Crippen LogP contribution < -0.4 is 19.1 Å². The Morgan fingerprint density at radius 3 is 2.14 bits per heavy atom. The molecule has 1 aliphatic heterocycles. The van der Waals surface area contributed by atoms with E-state index >= 15 is 0 Å². The molecule has 8 heteroatoms. The van der Waals surface area contributed by atoms with Gasteiger partial charge in [-0.25, -0.2) is 0 Å². The smallest absolute Gasteiger partial charge is 0.277 e. The Bertz CT molecular complexity index is 835. The Labute approximate surface area is 164 Å². The van der Waals surface area contributed by atoms with Crippen molar-refractivity contribution in [1.29, 1.82) is 0 Å². The van der Waals surface area contributed by atoms with Gasteiger partial charge >= 0.3 is 0 Å². The fourth-order valence-corrected chi connectivity index (χ4v) is 3.49. The molecule has 0 atom stereocenters. The summed E-state index contributed by atoms with van der Waals surface area (Å²) in [5.74, 6) is 1.71. The van der Waals surface area contributed by atoms with Gasteiger partial charge in [0, 0.05) is 38.3 Å². The summed E-state index contributed by atoms with van der Waals surface area (Å²) in [7, 11) is 4.67. The van der Waals surface area contributed by atoms with Crippen molar-refractivity contribution in [2.24, 2.45) is 0 Å². The molecule has 0 aromatic heterocycles. The van der Waals surface area contributed by atoms with Crippen LogP contribution in [0.1, 0.15) is 5.56 Å². The molecule has 150 valence electrons. The Hall–Kier alpha value is -3.00. The highest BCUT2D eigenvalue weighted by molar-refractivity contribution is 5.59. The zero-order valence-electron chi connectivity index (χ0n) is 16.4. The number of nitro benzene ring substituents is 1. The third-order valence-corrected chi connectivity index (χ3v) is 4.97. The molecule has 0 saturated carbocycles. The molecule has 2 aromatic rings. The molecule has 1 heterocycles. The molecule has 2 aromatic carbocycles. The number of nitrogens with zero attached hydrogens (tertiary/aromatic N) is 3. The van der Waals surface area contributed by atoms with Crippen molar-refractivity contribution < 1.29 is 19.1 Å². The highest BCUT2D eigenvalue weighted by Crippen LogP contribution is 2.35. The highest BCUT2D eigenvalue weighted by atomic mass is 16.6. The van der Waals surface area contributed by atoms with Gasteiger partial charge in [-0.15, -0.1) is 0 Å². The normalized spacial score (nSPS) is 14.6. The van der Waals surface area contributed by atoms with Crippen molar-refractivity contribution in [3.05, 3.63) is 52.1 Å². The molecule has 1 saturated heterocycles. The van der Waals surface area contributed by atoms with Crippen LogP contribution in [-0.2, 0) is 6.54 Å². The fourth-order valence-electron chi connectivity index (χ4n) is 3.49. The maximum atomic E-state index is 11.5. The van der Waals surface area contributed by atoms with Gasteiger partial charge in [0.1, 0.15) is 5.75 Å². The molecular weight excluding hydrogens is 362 g/mol. The van der Waals surface area contributed by atoms with Crippen molar-refractivity contribution in [3.8, 4) is 17.2 Å². The van der Waals surface area contributed by atoms with E-state index in [4.69, 9.17) is 14.2 Å². The summed E-state index contributed by atoms with van der Waals surface area (Å²) in [6.07, 6.45) is 0. The van der Waals surface area contributed by atoms with Gasteiger partial charge < -0.3 is 19.1 Å². The zero-order valence-corrected chi connectivity index (χ0v) is 16.4. The van der Waals surface area contributed by atoms with Gasteiger partial charge in [0.2, 0.25) is 0 Å². The minimum Gasteiger partial charge on any atom is -0.495 e. The maximum Gasteiger partial charge on any atom is 0.277 e. The number of hydrogen-bond acceptors (Lipinski definition) is 7. The predicted octanol–water partition coefficient (Wildman–Crippen LogP) is 2.94. The van der Waals surface area contributed by atoms with Crippen LogP contribution in [0, 0.1) is 10.1 Å². The van der Waals surface area contributed by atoms with Crippen LogP contribution in [-0.4, -0.2) is 57.3 Å². The number of methoxy groups -OCH3 is 3. The van der Waals surface area contributed by atoms with Crippen LogP contribution in [0.4, 0.5) is 11.4 Å². The summed E-state index contributed by atoms with van der Waals surface area (Å²) in [6.45, 7) is 3.71. The van der Waals surface area contributed by atoms with Crippen LogP contribution in [0.2, 0.25) is 0 Å². The lowest BCUT2D eigenvalue weighted by Gasteiger charge is -2.36. The number of anilines is 1. The van der Waals surface area contributed by atoms with E-state index in [1.807, 2.05) is 24.3 Å². The van der Waals surface area contributed by atoms with Gasteiger partial charge in [0.25, 0.3) is 5.69 Å². The quantitative estimate of drug-likeness (QED) is 0.534. The van der Waals surface area contributed by atoms with Crippen LogP contribution in [0.15, 0.2) is 36.4 Å². The lowest BCUT2D eigenvalue weighted by Crippen LogP contribution is -2.46. The van der Waals surface area contributed by atoms with E-state index in [1.54, 1.807) is 13.2 Å². The number of piperazine rings is 1. The van der Waals surface area contributed by atoms with Crippen LogP contribution in [0.3, 0.4) is 0 Å². The Morgan fingerprint density at radius 1 is 0.929 bits per heavy atom. The van der Waals surface area contributed by atoms with Gasteiger partial charge in [0.05, 0.1) is 38.0 Å². The fraction of sp³-hybridized carbons (Fsp3) is 0.400. The zero-order chi connectivity index (χ0) is 20.1. The van der Waals surface area contributed by atoms with E-state index in [1.165, 1.54) is 20.3 Å². The van der Waals surface area contributed by atoms with Gasteiger partial charge in [-0.05, 0) is 18.2 Å². The monoisotopic (exact) mass is 387 g/mol. The van der Waals surface area contributed by atoms with Crippen LogP contribution in [0.5, 0.6) is 17.2 Å². The molecule has 0 N–H and O–H groups in total. The van der Waals surface area contributed by atoms with E-state index in [9.17, 15) is 10.1 Å². The molecular formula is C20H25N3O5. The minimum absolute atomic E-state index is 0.0461. The minimum atomic E-state index is -0.373. The summed E-state index contributed by atoms with van der Waals surface area (Å²) in [5.41, 5.74) is 1.74. The maximum absolute atomic E-state index is 11.5. The third kappa shape index (κ3) is 4.12. The van der Waals surface area contributed by atoms with Crippen molar-refractivity contribution in [2.45, 2.75) is 6.54 Å². The Kier molecular flexibility index (Phi) is 6.20. The lowest BCUT2D eigenvalue weighted by molar-refractivity contribution is -0.385. The number of nitro groups is 1. The van der Waals surface area contributed by atoms with Crippen molar-refractivity contribution in [1.82, 2.24) is 4.90 Å². The number of ether oxygens (including phenoxy) is 3. The molecule has 0 spiro atoms. The summed E-state index contributed by atoms with van der Waals surface area (Å²) >= 11 is 0. The number of para-hydroxylation sites is 2. The molecule has 3 rings (SSSR count). The molecule has 28 heavy (non-hydrogen) atoms. The van der Waals surface area contributed by atoms with E-state index in [0.717, 1.165) is 37.6 Å². The average Bonchev–Trinajstić information content (AvgIpc) is 2.73. The predicted molar refractivity (Wildman–Crippen MR) is 107 cm³/mol. The molecule has 0 amide bonds. The van der Waals surface area contributed by atoms with E-state index in [0.29, 0.717) is 23.6 Å². The second-order valence-corrected chi connectivity index (χ2v) is 6.53. The molecule has 1 aliphatic rings. The van der Waals surface area contributed by atoms with Gasteiger partial charge in [-0.2, -0.15) is 0 Å². The van der Waals surface area contributed by atoms with Gasteiger partial charge in [-0.1, -0.05) is 12.1 Å². The molecule has 0 bridgehead atoms. The second kappa shape index (κ2) is 8.79. The van der Waals surface area contributed by atoms with E-state index in [-0.39, 0.29) is 10.6 Å². The largest absolute Gasteiger partial charge is 0.495 e. The first-order valence-electron chi connectivity index (χ1n) is 9.07. The molecule has 0 unspecified atom stereocenters. The summed E-state index contributed by atoms with van der Waals surface area (Å²) in [5, 5.41) is 11.5. The first-order valence-corrected chi connectivity index (χ1v) is 9.07. The third-order valence-electron chi connectivity index (χ3n) is 4.97. The summed E-state index contributed by atoms with van der Waals surface area (Å²) in [6, 6.07) is 11.1. The molecule has 1 fully saturated rings. The standard InChI is InChI=1S/C20H25N3O5/c1-26-18-7-5-4-6-16(18)22-10-8-21(9-11-22)14-15-12-19(27-2)20(28-3)13-17(15)23(24)25/h4-7,12-13H,8-11,14H2,1-3H3. The highest BCUT2D eigenvalue weighted by Gasteiger charge is 2.24. The topological polar surface area (TPSA) is 77.3 Å². The first kappa shape index (κ1) is 19.8. The average molecular weight is 387 g/mol. The van der Waals surface area contributed by atoms with Crippen molar-refractivity contribution in [2.75, 3.05) is 52.4 Å². The first-order chi connectivity index (χ1) is 13.6. The van der Waals surface area contributed by atoms with Crippen LogP contribution >= 0.6 is 0 Å². The Morgan fingerprint density at radius 2 is 1.54 bits per heavy atom.